The van der Waals surface area contributed by atoms with E-state index in [0.717, 1.165) is 11.4 Å². The van der Waals surface area contributed by atoms with Crippen molar-refractivity contribution in [3.63, 3.8) is 0 Å². The number of aromatic nitrogens is 6. The second kappa shape index (κ2) is 10.1. The summed E-state index contributed by atoms with van der Waals surface area (Å²) in [5.74, 6) is 0.594. The maximum Gasteiger partial charge on any atom is 0.360 e. The van der Waals surface area contributed by atoms with E-state index in [9.17, 15) is 4.79 Å². The van der Waals surface area contributed by atoms with Crippen LogP contribution in [-0.2, 0) is 4.74 Å². The Morgan fingerprint density at radius 1 is 0.853 bits per heavy atom. The van der Waals surface area contributed by atoms with Crippen LogP contribution in [0.25, 0.3) is 5.95 Å². The summed E-state index contributed by atoms with van der Waals surface area (Å²) in [5, 5.41) is 8.11. The molecular weight excluding hydrogens is 432 g/mol. The van der Waals surface area contributed by atoms with E-state index in [1.165, 1.54) is 11.8 Å². The monoisotopic (exact) mass is 458 g/mol. The number of carbonyl (C=O) groups excluding carboxylic acids is 1. The molecule has 10 nitrogen and oxygen atoms in total. The first-order chi connectivity index (χ1) is 16.6. The molecule has 2 aromatic carbocycles. The van der Waals surface area contributed by atoms with E-state index in [2.05, 4.69) is 10.3 Å². The van der Waals surface area contributed by atoms with Crippen LogP contribution in [0.4, 0.5) is 23.3 Å². The molecule has 0 amide bonds. The number of hydrogen-bond donors (Lipinski definition) is 0. The minimum atomic E-state index is -0.572. The second-order valence-corrected chi connectivity index (χ2v) is 7.32. The Morgan fingerprint density at radius 3 is 1.79 bits per heavy atom. The number of hydrogen-bond acceptors (Lipinski definition) is 9. The number of carbonyl (C=O) groups is 1. The van der Waals surface area contributed by atoms with E-state index in [1.54, 1.807) is 6.92 Å². The first kappa shape index (κ1) is 22.8. The predicted octanol–water partition coefficient (Wildman–Crippen LogP) is 3.86. The zero-order valence-electron chi connectivity index (χ0n) is 19.6. The van der Waals surface area contributed by atoms with Crippen molar-refractivity contribution in [2.45, 2.75) is 20.8 Å². The Hall–Kier alpha value is -4.34. The summed E-state index contributed by atoms with van der Waals surface area (Å²) >= 11 is 0. The highest BCUT2D eigenvalue weighted by Crippen LogP contribution is 2.27. The molecule has 0 aliphatic heterocycles. The molecule has 2 aromatic heterocycles. The van der Waals surface area contributed by atoms with E-state index in [-0.39, 0.29) is 11.6 Å². The minimum Gasteiger partial charge on any atom is -0.464 e. The van der Waals surface area contributed by atoms with Crippen molar-refractivity contribution in [1.29, 1.82) is 0 Å². The lowest BCUT2D eigenvalue weighted by Gasteiger charge is -2.25. The van der Waals surface area contributed by atoms with Crippen molar-refractivity contribution in [2.24, 2.45) is 0 Å². The Kier molecular flexibility index (Phi) is 6.77. The second-order valence-electron chi connectivity index (χ2n) is 7.32. The highest BCUT2D eigenvalue weighted by Gasteiger charge is 2.23. The van der Waals surface area contributed by atoms with E-state index < -0.39 is 5.97 Å². The highest BCUT2D eigenvalue weighted by atomic mass is 16.5. The molecule has 174 valence electrons. The maximum atomic E-state index is 12.1. The fraction of sp³-hybridized carbons (Fsp3) is 0.250. The third kappa shape index (κ3) is 4.42. The first-order valence-corrected chi connectivity index (χ1v) is 11.0. The van der Waals surface area contributed by atoms with Crippen molar-refractivity contribution < 1.29 is 9.53 Å². The van der Waals surface area contributed by atoms with Gasteiger partial charge in [-0.15, -0.1) is 5.10 Å². The molecule has 0 aliphatic rings. The van der Waals surface area contributed by atoms with Gasteiger partial charge in [0, 0.05) is 24.5 Å². The quantitative estimate of drug-likeness (QED) is 0.364. The van der Waals surface area contributed by atoms with E-state index in [4.69, 9.17) is 19.7 Å². The van der Waals surface area contributed by atoms with Gasteiger partial charge in [-0.2, -0.15) is 19.6 Å². The van der Waals surface area contributed by atoms with E-state index in [1.807, 2.05) is 84.3 Å². The standard InChI is InChI=1S/C24H26N8O2/c1-5-30(18-13-9-7-10-14-18)22-25-23(31(6-2)19-15-11-8-12-16-19)27-24(26-22)32-17(3)20(28-29-32)21(33)34-4/h7-16H,5-6H2,1-4H3. The molecule has 0 unspecified atom stereocenters. The summed E-state index contributed by atoms with van der Waals surface area (Å²) < 4.78 is 6.25. The van der Waals surface area contributed by atoms with Crippen LogP contribution in [0, 0.1) is 6.92 Å². The molecule has 0 fully saturated rings. The third-order valence-electron chi connectivity index (χ3n) is 5.31. The van der Waals surface area contributed by atoms with Crippen molar-refractivity contribution in [3.8, 4) is 5.95 Å². The largest absolute Gasteiger partial charge is 0.464 e. The Labute approximate surface area is 197 Å². The summed E-state index contributed by atoms with van der Waals surface area (Å²) in [6.07, 6.45) is 0. The molecule has 34 heavy (non-hydrogen) atoms. The zero-order valence-corrected chi connectivity index (χ0v) is 19.6. The van der Waals surface area contributed by atoms with Gasteiger partial charge in [-0.25, -0.2) is 4.79 Å². The van der Waals surface area contributed by atoms with Gasteiger partial charge >= 0.3 is 5.97 Å². The number of rotatable bonds is 8. The topological polar surface area (TPSA) is 102 Å². The van der Waals surface area contributed by atoms with Gasteiger partial charge in [0.25, 0.3) is 5.95 Å². The number of methoxy groups -OCH3 is 1. The number of benzene rings is 2. The van der Waals surface area contributed by atoms with Crippen LogP contribution in [-0.4, -0.2) is 56.1 Å². The van der Waals surface area contributed by atoms with Crippen LogP contribution in [0.3, 0.4) is 0 Å². The third-order valence-corrected chi connectivity index (χ3v) is 5.31. The molecule has 0 saturated carbocycles. The molecule has 0 N–H and O–H groups in total. The van der Waals surface area contributed by atoms with Crippen molar-refractivity contribution in [2.75, 3.05) is 30.0 Å². The molecule has 0 spiro atoms. The summed E-state index contributed by atoms with van der Waals surface area (Å²) in [7, 11) is 1.30. The minimum absolute atomic E-state index is 0.108. The molecule has 0 radical (unpaired) electrons. The van der Waals surface area contributed by atoms with Gasteiger partial charge in [0.15, 0.2) is 5.69 Å². The lowest BCUT2D eigenvalue weighted by Crippen LogP contribution is -2.25. The van der Waals surface area contributed by atoms with Gasteiger partial charge in [0.2, 0.25) is 11.9 Å². The van der Waals surface area contributed by atoms with Gasteiger partial charge in [0.1, 0.15) is 0 Å². The first-order valence-electron chi connectivity index (χ1n) is 11.0. The fourth-order valence-electron chi connectivity index (χ4n) is 3.58. The van der Waals surface area contributed by atoms with Crippen LogP contribution in [0.1, 0.15) is 30.0 Å². The van der Waals surface area contributed by atoms with Crippen molar-refractivity contribution in [3.05, 3.63) is 72.1 Å². The summed E-state index contributed by atoms with van der Waals surface area (Å²) in [4.78, 5) is 30.3. The van der Waals surface area contributed by atoms with Gasteiger partial charge < -0.3 is 14.5 Å². The van der Waals surface area contributed by atoms with Crippen LogP contribution < -0.4 is 9.80 Å². The molecule has 10 heteroatoms. The van der Waals surface area contributed by atoms with E-state index in [0.29, 0.717) is 30.7 Å². The Balaban J connectivity index is 1.90. The van der Waals surface area contributed by atoms with E-state index >= 15 is 0 Å². The Morgan fingerprint density at radius 2 is 1.35 bits per heavy atom. The molecule has 4 aromatic rings. The number of para-hydroxylation sites is 2. The summed E-state index contributed by atoms with van der Waals surface area (Å²) in [6.45, 7) is 7.04. The predicted molar refractivity (Wildman–Crippen MR) is 129 cm³/mol. The molecule has 4 rings (SSSR count). The number of esters is 1. The number of anilines is 4. The van der Waals surface area contributed by atoms with Crippen molar-refractivity contribution in [1.82, 2.24) is 29.9 Å². The lowest BCUT2D eigenvalue weighted by molar-refractivity contribution is 0.0593. The SMILES string of the molecule is CCN(c1ccccc1)c1nc(N(CC)c2ccccc2)nc(-n2nnc(C(=O)OC)c2C)n1. The zero-order chi connectivity index (χ0) is 24.1. The summed E-state index contributed by atoms with van der Waals surface area (Å²) in [6, 6.07) is 19.8. The highest BCUT2D eigenvalue weighted by molar-refractivity contribution is 5.88. The average Bonchev–Trinajstić information content (AvgIpc) is 3.27. The molecule has 0 atom stereocenters. The molecule has 0 bridgehead atoms. The van der Waals surface area contributed by atoms with Gasteiger partial charge in [0.05, 0.1) is 12.8 Å². The molecule has 2 heterocycles. The Bertz CT molecular complexity index is 1190. The number of ether oxygens (including phenoxy) is 1. The van der Waals surface area contributed by atoms with Crippen LogP contribution in [0.5, 0.6) is 0 Å². The van der Waals surface area contributed by atoms with Gasteiger partial charge in [-0.3, -0.25) is 0 Å². The van der Waals surface area contributed by atoms with Crippen LogP contribution in [0.2, 0.25) is 0 Å². The van der Waals surface area contributed by atoms with Gasteiger partial charge in [-0.1, -0.05) is 41.6 Å². The smallest absolute Gasteiger partial charge is 0.360 e. The lowest BCUT2D eigenvalue weighted by atomic mass is 10.3. The average molecular weight is 459 g/mol. The maximum absolute atomic E-state index is 12.1. The van der Waals surface area contributed by atoms with Crippen LogP contribution in [0.15, 0.2) is 60.7 Å². The molecular formula is C24H26N8O2. The summed E-state index contributed by atoms with van der Waals surface area (Å²) in [5.41, 5.74) is 2.47. The molecule has 0 saturated heterocycles. The molecule has 0 aliphatic carbocycles. The fourth-order valence-corrected chi connectivity index (χ4v) is 3.58. The van der Waals surface area contributed by atoms with Gasteiger partial charge in [-0.05, 0) is 45.0 Å². The van der Waals surface area contributed by atoms with Crippen molar-refractivity contribution >= 4 is 29.2 Å². The van der Waals surface area contributed by atoms with Crippen LogP contribution >= 0.6 is 0 Å². The normalized spacial score (nSPS) is 10.7. The number of nitrogens with zero attached hydrogens (tertiary/aromatic N) is 8.